The van der Waals surface area contributed by atoms with Crippen molar-refractivity contribution in [2.75, 3.05) is 33.4 Å². The molecule has 3 heteroatoms. The van der Waals surface area contributed by atoms with E-state index in [4.69, 9.17) is 9.57 Å². The van der Waals surface area contributed by atoms with Crippen LogP contribution in [0.5, 0.6) is 0 Å². The van der Waals surface area contributed by atoms with Crippen molar-refractivity contribution in [1.82, 2.24) is 5.06 Å². The highest BCUT2D eigenvalue weighted by atomic mass is 16.7. The van der Waals surface area contributed by atoms with Crippen LogP contribution in [0.1, 0.15) is 0 Å². The Labute approximate surface area is 74.2 Å². The Hall–Kier alpha value is -0.640. The molecule has 0 atom stereocenters. The molecule has 3 nitrogen and oxygen atoms in total. The maximum absolute atomic E-state index is 5.18. The molecule has 0 aromatic rings. The molecule has 0 amide bonds. The van der Waals surface area contributed by atoms with Crippen molar-refractivity contribution in [3.8, 4) is 0 Å². The van der Waals surface area contributed by atoms with Gasteiger partial charge in [0.25, 0.3) is 0 Å². The zero-order valence-electron chi connectivity index (χ0n) is 7.66. The fourth-order valence-electron chi connectivity index (χ4n) is 0.604. The summed E-state index contributed by atoms with van der Waals surface area (Å²) in [4.78, 5) is 5.18. The third-order valence-electron chi connectivity index (χ3n) is 1.20. The topological polar surface area (TPSA) is 21.7 Å². The molecule has 0 radical (unpaired) electrons. The molecule has 0 aliphatic carbocycles. The molecule has 0 spiro atoms. The van der Waals surface area contributed by atoms with Crippen molar-refractivity contribution in [2.24, 2.45) is 0 Å². The minimum atomic E-state index is 0.540. The molecule has 0 unspecified atom stereocenters. The van der Waals surface area contributed by atoms with Crippen LogP contribution in [0.4, 0.5) is 0 Å². The van der Waals surface area contributed by atoms with E-state index in [1.54, 1.807) is 17.2 Å². The summed E-state index contributed by atoms with van der Waals surface area (Å²) in [6, 6.07) is 0. The highest BCUT2D eigenvalue weighted by Crippen LogP contribution is 1.85. The van der Waals surface area contributed by atoms with Crippen molar-refractivity contribution >= 4 is 0 Å². The van der Waals surface area contributed by atoms with E-state index in [2.05, 4.69) is 13.2 Å². The second-order valence-corrected chi connectivity index (χ2v) is 2.30. The van der Waals surface area contributed by atoms with Gasteiger partial charge in [-0.2, -0.15) is 5.06 Å². The molecule has 70 valence electrons. The molecule has 0 bridgehead atoms. The Morgan fingerprint density at radius 1 is 1.25 bits per heavy atom. The largest absolute Gasteiger partial charge is 0.376 e. The van der Waals surface area contributed by atoms with E-state index in [1.165, 1.54) is 0 Å². The molecule has 0 aromatic heterocycles. The first-order valence-electron chi connectivity index (χ1n) is 3.95. The summed E-state index contributed by atoms with van der Waals surface area (Å²) in [5.74, 6) is 0. The van der Waals surface area contributed by atoms with Crippen LogP contribution in [0.25, 0.3) is 0 Å². The standard InChI is InChI=1S/C9H17NO2/c1-4-7-11-9-6-10(3)12-8-5-2/h4-5H,1-2,6-9H2,3H3. The lowest BCUT2D eigenvalue weighted by Gasteiger charge is -2.14. The van der Waals surface area contributed by atoms with Gasteiger partial charge in [0.15, 0.2) is 0 Å². The van der Waals surface area contributed by atoms with E-state index in [9.17, 15) is 0 Å². The summed E-state index contributed by atoms with van der Waals surface area (Å²) in [6.07, 6.45) is 3.44. The Balaban J connectivity index is 3.12. The van der Waals surface area contributed by atoms with Gasteiger partial charge in [0.05, 0.1) is 19.8 Å². The maximum Gasteiger partial charge on any atom is 0.0863 e. The zero-order chi connectivity index (χ0) is 9.23. The number of hydrogen-bond donors (Lipinski definition) is 0. The quantitative estimate of drug-likeness (QED) is 0.311. The number of hydroxylamine groups is 2. The van der Waals surface area contributed by atoms with Gasteiger partial charge in [0, 0.05) is 13.6 Å². The summed E-state index contributed by atoms with van der Waals surface area (Å²) in [5, 5.41) is 1.73. The number of likely N-dealkylation sites (N-methyl/N-ethyl adjacent to an activating group) is 1. The second-order valence-electron chi connectivity index (χ2n) is 2.30. The van der Waals surface area contributed by atoms with Gasteiger partial charge >= 0.3 is 0 Å². The van der Waals surface area contributed by atoms with Crippen LogP contribution in [0.3, 0.4) is 0 Å². The smallest absolute Gasteiger partial charge is 0.0863 e. The van der Waals surface area contributed by atoms with Crippen LogP contribution in [-0.2, 0) is 9.57 Å². The average molecular weight is 171 g/mol. The van der Waals surface area contributed by atoms with Gasteiger partial charge in [-0.25, -0.2) is 0 Å². The maximum atomic E-state index is 5.18. The van der Waals surface area contributed by atoms with Crippen molar-refractivity contribution < 1.29 is 9.57 Å². The van der Waals surface area contributed by atoms with Crippen LogP contribution in [0, 0.1) is 0 Å². The second kappa shape index (κ2) is 8.46. The molecule has 0 aliphatic rings. The Bertz CT molecular complexity index is 126. The molecular weight excluding hydrogens is 154 g/mol. The Morgan fingerprint density at radius 2 is 1.92 bits per heavy atom. The number of nitrogens with zero attached hydrogens (tertiary/aromatic N) is 1. The Kier molecular flexibility index (Phi) is 8.01. The van der Waals surface area contributed by atoms with E-state index in [0.29, 0.717) is 19.8 Å². The fraction of sp³-hybridized carbons (Fsp3) is 0.556. The fourth-order valence-corrected chi connectivity index (χ4v) is 0.604. The van der Waals surface area contributed by atoms with Crippen LogP contribution in [-0.4, -0.2) is 38.5 Å². The van der Waals surface area contributed by atoms with Crippen LogP contribution in [0.15, 0.2) is 25.3 Å². The Morgan fingerprint density at radius 3 is 2.50 bits per heavy atom. The summed E-state index contributed by atoms with van der Waals surface area (Å²) in [6.45, 7) is 9.63. The van der Waals surface area contributed by atoms with Gasteiger partial charge in [-0.3, -0.25) is 4.84 Å². The minimum absolute atomic E-state index is 0.540. The van der Waals surface area contributed by atoms with E-state index < -0.39 is 0 Å². The lowest BCUT2D eigenvalue weighted by molar-refractivity contribution is -0.135. The highest BCUT2D eigenvalue weighted by molar-refractivity contribution is 4.64. The lowest BCUT2D eigenvalue weighted by atomic mass is 10.6. The van der Waals surface area contributed by atoms with Gasteiger partial charge in [-0.1, -0.05) is 12.2 Å². The molecule has 0 saturated heterocycles. The number of rotatable bonds is 8. The monoisotopic (exact) mass is 171 g/mol. The summed E-state index contributed by atoms with van der Waals surface area (Å²) >= 11 is 0. The first-order valence-corrected chi connectivity index (χ1v) is 3.95. The van der Waals surface area contributed by atoms with Crippen molar-refractivity contribution in [3.63, 3.8) is 0 Å². The van der Waals surface area contributed by atoms with Crippen molar-refractivity contribution in [1.29, 1.82) is 0 Å². The minimum Gasteiger partial charge on any atom is -0.376 e. The molecule has 0 saturated carbocycles. The molecule has 0 heterocycles. The molecular formula is C9H17NO2. The van der Waals surface area contributed by atoms with Gasteiger partial charge in [0.1, 0.15) is 0 Å². The summed E-state index contributed by atoms with van der Waals surface area (Å²) < 4.78 is 5.17. The predicted molar refractivity (Wildman–Crippen MR) is 49.8 cm³/mol. The van der Waals surface area contributed by atoms with Crippen molar-refractivity contribution in [2.45, 2.75) is 0 Å². The molecule has 0 aromatic carbocycles. The first-order chi connectivity index (χ1) is 5.81. The van der Waals surface area contributed by atoms with Gasteiger partial charge in [-0.05, 0) is 0 Å². The SMILES string of the molecule is C=CCOCCN(C)OCC=C. The zero-order valence-corrected chi connectivity index (χ0v) is 7.66. The lowest BCUT2D eigenvalue weighted by Crippen LogP contribution is -2.23. The number of hydrogen-bond acceptors (Lipinski definition) is 3. The summed E-state index contributed by atoms with van der Waals surface area (Å²) in [5.41, 5.74) is 0. The molecule has 12 heavy (non-hydrogen) atoms. The van der Waals surface area contributed by atoms with E-state index in [1.807, 2.05) is 7.05 Å². The van der Waals surface area contributed by atoms with E-state index >= 15 is 0 Å². The molecule has 0 rings (SSSR count). The van der Waals surface area contributed by atoms with Gasteiger partial charge < -0.3 is 4.74 Å². The molecule has 0 aliphatic heterocycles. The van der Waals surface area contributed by atoms with Crippen LogP contribution >= 0.6 is 0 Å². The van der Waals surface area contributed by atoms with E-state index in [-0.39, 0.29) is 0 Å². The average Bonchev–Trinajstić information content (AvgIpc) is 2.09. The normalized spacial score (nSPS) is 10.2. The highest BCUT2D eigenvalue weighted by Gasteiger charge is 1.95. The predicted octanol–water partition coefficient (Wildman–Crippen LogP) is 1.24. The van der Waals surface area contributed by atoms with E-state index in [0.717, 1.165) is 6.54 Å². The third kappa shape index (κ3) is 7.47. The van der Waals surface area contributed by atoms with Crippen LogP contribution in [0.2, 0.25) is 0 Å². The number of ether oxygens (including phenoxy) is 1. The molecule has 0 N–H and O–H groups in total. The summed E-state index contributed by atoms with van der Waals surface area (Å²) in [7, 11) is 1.86. The van der Waals surface area contributed by atoms with Crippen molar-refractivity contribution in [3.05, 3.63) is 25.3 Å². The first kappa shape index (κ1) is 11.4. The van der Waals surface area contributed by atoms with Gasteiger partial charge in [-0.15, -0.1) is 13.2 Å². The van der Waals surface area contributed by atoms with Crippen LogP contribution < -0.4 is 0 Å². The third-order valence-corrected chi connectivity index (χ3v) is 1.20. The molecule has 0 fully saturated rings. The van der Waals surface area contributed by atoms with Gasteiger partial charge in [0.2, 0.25) is 0 Å².